The molecule has 8 nitrogen and oxygen atoms in total. The molecular formula is C20H24N2O6S. The number of hydrogen-bond acceptors (Lipinski definition) is 7. The van der Waals surface area contributed by atoms with E-state index < -0.39 is 9.84 Å². The van der Waals surface area contributed by atoms with Crippen molar-refractivity contribution in [1.82, 2.24) is 5.32 Å². The minimum atomic E-state index is -3.03. The number of ether oxygens (including phenoxy) is 3. The van der Waals surface area contributed by atoms with Gasteiger partial charge in [0.05, 0.1) is 32.3 Å². The molecule has 1 saturated heterocycles. The topological polar surface area (TPSA) is 103 Å². The van der Waals surface area contributed by atoms with Gasteiger partial charge in [-0.2, -0.15) is 0 Å². The Morgan fingerprint density at radius 2 is 1.76 bits per heavy atom. The Labute approximate surface area is 170 Å². The predicted octanol–water partition coefficient (Wildman–Crippen LogP) is 2.21. The van der Waals surface area contributed by atoms with Crippen LogP contribution in [0, 0.1) is 0 Å². The number of carbonyl (C=O) groups is 1. The van der Waals surface area contributed by atoms with E-state index in [0.29, 0.717) is 29.4 Å². The van der Waals surface area contributed by atoms with Crippen molar-refractivity contribution in [3.63, 3.8) is 0 Å². The Balaban J connectivity index is 1.61. The average Bonchev–Trinajstić information content (AvgIpc) is 3.05. The summed E-state index contributed by atoms with van der Waals surface area (Å²) in [6.07, 6.45) is 0.455. The van der Waals surface area contributed by atoms with Gasteiger partial charge in [0, 0.05) is 17.8 Å². The number of rotatable bonds is 8. The minimum Gasteiger partial charge on any atom is -0.497 e. The first-order valence-corrected chi connectivity index (χ1v) is 10.9. The first kappa shape index (κ1) is 20.8. The molecular weight excluding hydrogens is 396 g/mol. The fourth-order valence-electron chi connectivity index (χ4n) is 3.01. The van der Waals surface area contributed by atoms with Gasteiger partial charge in [0.25, 0.3) is 0 Å². The van der Waals surface area contributed by atoms with Gasteiger partial charge in [-0.05, 0) is 42.8 Å². The molecule has 1 heterocycles. The Morgan fingerprint density at radius 3 is 2.38 bits per heavy atom. The van der Waals surface area contributed by atoms with E-state index in [-0.39, 0.29) is 30.0 Å². The number of anilines is 1. The van der Waals surface area contributed by atoms with Gasteiger partial charge in [-0.15, -0.1) is 0 Å². The van der Waals surface area contributed by atoms with Crippen LogP contribution in [-0.2, 0) is 14.6 Å². The van der Waals surface area contributed by atoms with Crippen LogP contribution in [0.5, 0.6) is 23.0 Å². The van der Waals surface area contributed by atoms with Crippen LogP contribution >= 0.6 is 0 Å². The van der Waals surface area contributed by atoms with Gasteiger partial charge < -0.3 is 24.8 Å². The van der Waals surface area contributed by atoms with Crippen LogP contribution in [0.3, 0.4) is 0 Å². The molecule has 1 fully saturated rings. The van der Waals surface area contributed by atoms with Gasteiger partial charge in [0.15, 0.2) is 21.3 Å². The fourth-order valence-corrected chi connectivity index (χ4v) is 4.68. The predicted molar refractivity (Wildman–Crippen MR) is 110 cm³/mol. The third-order valence-electron chi connectivity index (χ3n) is 4.50. The average molecular weight is 420 g/mol. The fraction of sp³-hybridized carbons (Fsp3) is 0.350. The highest BCUT2D eigenvalue weighted by molar-refractivity contribution is 7.91. The zero-order valence-corrected chi connectivity index (χ0v) is 17.1. The van der Waals surface area contributed by atoms with Crippen LogP contribution in [0.2, 0.25) is 0 Å². The van der Waals surface area contributed by atoms with Crippen molar-refractivity contribution in [3.8, 4) is 23.0 Å². The smallest absolute Gasteiger partial charge is 0.239 e. The molecule has 0 unspecified atom stereocenters. The molecule has 0 aliphatic carbocycles. The number of amides is 1. The summed E-state index contributed by atoms with van der Waals surface area (Å²) in [6, 6.07) is 12.1. The molecule has 2 aromatic rings. The van der Waals surface area contributed by atoms with E-state index in [1.807, 2.05) is 0 Å². The number of sulfone groups is 1. The summed E-state index contributed by atoms with van der Waals surface area (Å²) in [5.41, 5.74) is 0.670. The highest BCUT2D eigenvalue weighted by atomic mass is 32.2. The highest BCUT2D eigenvalue weighted by Crippen LogP contribution is 2.34. The molecule has 0 aromatic heterocycles. The van der Waals surface area contributed by atoms with Crippen LogP contribution in [0.1, 0.15) is 6.42 Å². The lowest BCUT2D eigenvalue weighted by Gasteiger charge is -2.14. The van der Waals surface area contributed by atoms with E-state index in [2.05, 4.69) is 10.6 Å². The van der Waals surface area contributed by atoms with Crippen molar-refractivity contribution in [2.45, 2.75) is 12.5 Å². The monoisotopic (exact) mass is 420 g/mol. The number of carbonyl (C=O) groups excluding carboxylic acids is 1. The molecule has 1 aliphatic rings. The zero-order chi connectivity index (χ0) is 20.9. The molecule has 156 valence electrons. The molecule has 1 atom stereocenters. The largest absolute Gasteiger partial charge is 0.497 e. The normalized spacial score (nSPS) is 17.4. The van der Waals surface area contributed by atoms with E-state index >= 15 is 0 Å². The molecule has 9 heteroatoms. The molecule has 2 aromatic carbocycles. The van der Waals surface area contributed by atoms with Gasteiger partial charge in [0.2, 0.25) is 5.91 Å². The summed E-state index contributed by atoms with van der Waals surface area (Å²) >= 11 is 0. The summed E-state index contributed by atoms with van der Waals surface area (Å²) in [6.45, 7) is 0.0187. The second-order valence-electron chi connectivity index (χ2n) is 6.66. The van der Waals surface area contributed by atoms with Crippen LogP contribution < -0.4 is 24.8 Å². The lowest BCUT2D eigenvalue weighted by molar-refractivity contribution is -0.119. The quantitative estimate of drug-likeness (QED) is 0.675. The third-order valence-corrected chi connectivity index (χ3v) is 6.27. The maximum Gasteiger partial charge on any atom is 0.239 e. The summed E-state index contributed by atoms with van der Waals surface area (Å²) < 4.78 is 39.3. The third kappa shape index (κ3) is 5.77. The van der Waals surface area contributed by atoms with Crippen molar-refractivity contribution in [3.05, 3.63) is 42.5 Å². The van der Waals surface area contributed by atoms with Crippen molar-refractivity contribution >= 4 is 21.4 Å². The number of hydrogen-bond donors (Lipinski definition) is 2. The second kappa shape index (κ2) is 9.04. The lowest BCUT2D eigenvalue weighted by Crippen LogP contribution is -2.39. The summed E-state index contributed by atoms with van der Waals surface area (Å²) in [4.78, 5) is 12.1. The second-order valence-corrected chi connectivity index (χ2v) is 8.89. The van der Waals surface area contributed by atoms with Gasteiger partial charge >= 0.3 is 0 Å². The first-order chi connectivity index (χ1) is 13.9. The van der Waals surface area contributed by atoms with Crippen LogP contribution in [0.25, 0.3) is 0 Å². The molecule has 29 heavy (non-hydrogen) atoms. The Kier molecular flexibility index (Phi) is 6.48. The van der Waals surface area contributed by atoms with Gasteiger partial charge in [0.1, 0.15) is 11.5 Å². The standard InChI is InChI=1S/C20H24N2O6S/c1-26-16-4-6-17(7-5-16)28-19-11-14(3-8-18(19)27-2)21-12-20(23)22-15-9-10-29(24,25)13-15/h3-8,11,15,21H,9-10,12-13H2,1-2H3,(H,22,23)/t15-/m0/s1. The molecule has 0 saturated carbocycles. The SMILES string of the molecule is COc1ccc(Oc2cc(NCC(=O)N[C@H]3CCS(=O)(=O)C3)ccc2OC)cc1. The molecule has 2 N–H and O–H groups in total. The molecule has 1 amide bonds. The maximum atomic E-state index is 12.1. The van der Waals surface area contributed by atoms with Crippen LogP contribution in [0.4, 0.5) is 5.69 Å². The first-order valence-electron chi connectivity index (χ1n) is 9.12. The van der Waals surface area contributed by atoms with E-state index in [9.17, 15) is 13.2 Å². The Bertz CT molecular complexity index is 959. The van der Waals surface area contributed by atoms with Crippen molar-refractivity contribution < 1.29 is 27.4 Å². The zero-order valence-electron chi connectivity index (χ0n) is 16.3. The molecule has 3 rings (SSSR count). The molecule has 0 spiro atoms. The summed E-state index contributed by atoms with van der Waals surface area (Å²) in [7, 11) is 0.112. The Hall–Kier alpha value is -2.94. The van der Waals surface area contributed by atoms with E-state index in [4.69, 9.17) is 14.2 Å². The van der Waals surface area contributed by atoms with Crippen molar-refractivity contribution in [2.75, 3.05) is 37.6 Å². The van der Waals surface area contributed by atoms with Crippen LogP contribution in [-0.4, -0.2) is 52.6 Å². The summed E-state index contributed by atoms with van der Waals surface area (Å²) in [5.74, 6) is 2.23. The van der Waals surface area contributed by atoms with E-state index in [1.54, 1.807) is 56.7 Å². The number of nitrogens with one attached hydrogen (secondary N) is 2. The van der Waals surface area contributed by atoms with Crippen molar-refractivity contribution in [2.24, 2.45) is 0 Å². The molecule has 1 aliphatic heterocycles. The highest BCUT2D eigenvalue weighted by Gasteiger charge is 2.28. The van der Waals surface area contributed by atoms with Gasteiger partial charge in [-0.1, -0.05) is 0 Å². The number of methoxy groups -OCH3 is 2. The van der Waals surface area contributed by atoms with E-state index in [1.165, 1.54) is 0 Å². The Morgan fingerprint density at radius 1 is 1.03 bits per heavy atom. The lowest BCUT2D eigenvalue weighted by atomic mass is 10.2. The number of benzene rings is 2. The van der Waals surface area contributed by atoms with E-state index in [0.717, 1.165) is 5.75 Å². The summed E-state index contributed by atoms with van der Waals surface area (Å²) in [5, 5.41) is 5.76. The van der Waals surface area contributed by atoms with Gasteiger partial charge in [-0.3, -0.25) is 4.79 Å². The molecule has 0 radical (unpaired) electrons. The van der Waals surface area contributed by atoms with Gasteiger partial charge in [-0.25, -0.2) is 8.42 Å². The van der Waals surface area contributed by atoms with Crippen LogP contribution in [0.15, 0.2) is 42.5 Å². The minimum absolute atomic E-state index is 0.00112. The molecule has 0 bridgehead atoms. The maximum absolute atomic E-state index is 12.1. The van der Waals surface area contributed by atoms with Crippen molar-refractivity contribution in [1.29, 1.82) is 0 Å².